The molecule has 118 valence electrons. The lowest BCUT2D eigenvalue weighted by atomic mass is 10.0. The van der Waals surface area contributed by atoms with E-state index in [9.17, 15) is 8.42 Å². The van der Waals surface area contributed by atoms with Crippen LogP contribution in [0.2, 0.25) is 0 Å². The molecule has 0 spiro atoms. The second-order valence-corrected chi connectivity index (χ2v) is 9.41. The van der Waals surface area contributed by atoms with Gasteiger partial charge in [0.05, 0.1) is 4.90 Å². The van der Waals surface area contributed by atoms with Gasteiger partial charge in [0.2, 0.25) is 10.0 Å². The molecule has 6 heteroatoms. The van der Waals surface area contributed by atoms with Crippen LogP contribution in [-0.2, 0) is 16.6 Å². The maximum Gasteiger partial charge on any atom is 0.241 e. The van der Waals surface area contributed by atoms with Gasteiger partial charge in [-0.25, -0.2) is 13.1 Å². The van der Waals surface area contributed by atoms with E-state index in [0.29, 0.717) is 23.5 Å². The molecule has 1 saturated carbocycles. The molecular formula is C15H23BrN2O2S. The van der Waals surface area contributed by atoms with Gasteiger partial charge >= 0.3 is 0 Å². The van der Waals surface area contributed by atoms with Gasteiger partial charge < -0.3 is 5.73 Å². The highest BCUT2D eigenvalue weighted by Gasteiger charge is 2.64. The molecule has 0 saturated heterocycles. The molecule has 0 aliphatic heterocycles. The quantitative estimate of drug-likeness (QED) is 0.831. The topological polar surface area (TPSA) is 72.2 Å². The molecule has 0 amide bonds. The van der Waals surface area contributed by atoms with E-state index >= 15 is 0 Å². The van der Waals surface area contributed by atoms with Gasteiger partial charge in [-0.1, -0.05) is 33.8 Å². The summed E-state index contributed by atoms with van der Waals surface area (Å²) in [5.41, 5.74) is 6.70. The van der Waals surface area contributed by atoms with E-state index in [4.69, 9.17) is 5.73 Å². The Bertz CT molecular complexity index is 640. The number of sulfonamides is 1. The molecule has 1 aromatic rings. The minimum absolute atomic E-state index is 0.159. The Balaban J connectivity index is 2.17. The number of benzene rings is 1. The average Bonchev–Trinajstić information content (AvgIpc) is 2.77. The Kier molecular flexibility index (Phi) is 4.30. The first-order chi connectivity index (χ1) is 9.54. The standard InChI is InChI=1S/C15H23BrN2O2S/c1-14(2)13(15(14,3)4)9-18-21(19,20)12-7-10(8-17)5-6-11(12)16/h5-7,13,18H,8-9,17H2,1-4H3. The van der Waals surface area contributed by atoms with Gasteiger partial charge in [-0.3, -0.25) is 0 Å². The Hall–Kier alpha value is -0.430. The highest BCUT2D eigenvalue weighted by atomic mass is 79.9. The predicted octanol–water partition coefficient (Wildman–Crippen LogP) is 2.87. The largest absolute Gasteiger partial charge is 0.326 e. The van der Waals surface area contributed by atoms with Crippen LogP contribution in [0.5, 0.6) is 0 Å². The number of nitrogens with one attached hydrogen (secondary N) is 1. The zero-order valence-corrected chi connectivity index (χ0v) is 15.3. The van der Waals surface area contributed by atoms with E-state index in [2.05, 4.69) is 48.3 Å². The molecule has 0 heterocycles. The lowest BCUT2D eigenvalue weighted by Gasteiger charge is -2.10. The average molecular weight is 375 g/mol. The zero-order valence-electron chi connectivity index (χ0n) is 12.9. The lowest BCUT2D eigenvalue weighted by Crippen LogP contribution is -2.27. The van der Waals surface area contributed by atoms with Gasteiger partial charge in [0.15, 0.2) is 0 Å². The zero-order chi connectivity index (χ0) is 16.1. The van der Waals surface area contributed by atoms with Crippen molar-refractivity contribution in [2.45, 2.75) is 39.1 Å². The molecule has 1 fully saturated rings. The SMILES string of the molecule is CC1(C)C(CNS(=O)(=O)c2cc(CN)ccc2Br)C1(C)C. The molecule has 0 aromatic heterocycles. The van der Waals surface area contributed by atoms with Crippen molar-refractivity contribution in [3.63, 3.8) is 0 Å². The van der Waals surface area contributed by atoms with Crippen molar-refractivity contribution in [3.05, 3.63) is 28.2 Å². The number of hydrogen-bond donors (Lipinski definition) is 2. The van der Waals surface area contributed by atoms with Crippen LogP contribution in [0.4, 0.5) is 0 Å². The normalized spacial score (nSPS) is 20.5. The third-order valence-electron chi connectivity index (χ3n) is 5.32. The Morgan fingerprint density at radius 2 is 1.81 bits per heavy atom. The molecule has 4 nitrogen and oxygen atoms in total. The fourth-order valence-electron chi connectivity index (χ4n) is 2.99. The van der Waals surface area contributed by atoms with Crippen LogP contribution in [-0.4, -0.2) is 15.0 Å². The van der Waals surface area contributed by atoms with Gasteiger partial charge in [0.1, 0.15) is 0 Å². The van der Waals surface area contributed by atoms with E-state index in [0.717, 1.165) is 5.56 Å². The summed E-state index contributed by atoms with van der Waals surface area (Å²) in [7, 11) is -3.53. The first-order valence-corrected chi connectivity index (χ1v) is 9.30. The van der Waals surface area contributed by atoms with Crippen LogP contribution in [0.3, 0.4) is 0 Å². The highest BCUT2D eigenvalue weighted by molar-refractivity contribution is 9.10. The van der Waals surface area contributed by atoms with Gasteiger partial charge in [-0.2, -0.15) is 0 Å². The maximum absolute atomic E-state index is 12.5. The molecular weight excluding hydrogens is 352 g/mol. The third-order valence-corrected chi connectivity index (χ3v) is 7.74. The molecule has 0 unspecified atom stereocenters. The fourth-order valence-corrected chi connectivity index (χ4v) is 5.05. The van der Waals surface area contributed by atoms with Crippen molar-refractivity contribution in [1.82, 2.24) is 4.72 Å². The summed E-state index contributed by atoms with van der Waals surface area (Å²) in [5.74, 6) is 0.344. The van der Waals surface area contributed by atoms with Gasteiger partial charge in [0.25, 0.3) is 0 Å². The molecule has 2 rings (SSSR count). The third kappa shape index (κ3) is 2.91. The molecule has 1 aliphatic rings. The highest BCUT2D eigenvalue weighted by Crippen LogP contribution is 2.67. The van der Waals surface area contributed by atoms with E-state index in [1.165, 1.54) is 0 Å². The van der Waals surface area contributed by atoms with E-state index < -0.39 is 10.0 Å². The Labute approximate surface area is 135 Å². The summed E-state index contributed by atoms with van der Waals surface area (Å²) in [5, 5.41) is 0. The summed E-state index contributed by atoms with van der Waals surface area (Å²) in [6.07, 6.45) is 0. The van der Waals surface area contributed by atoms with Crippen LogP contribution in [0.1, 0.15) is 33.3 Å². The smallest absolute Gasteiger partial charge is 0.241 e. The number of hydrogen-bond acceptors (Lipinski definition) is 3. The van der Waals surface area contributed by atoms with Crippen LogP contribution in [0, 0.1) is 16.7 Å². The van der Waals surface area contributed by atoms with E-state index in [1.54, 1.807) is 12.1 Å². The molecule has 1 aromatic carbocycles. The van der Waals surface area contributed by atoms with Gasteiger partial charge in [0, 0.05) is 17.6 Å². The van der Waals surface area contributed by atoms with E-state index in [-0.39, 0.29) is 15.7 Å². The number of halogens is 1. The minimum atomic E-state index is -3.53. The summed E-state index contributed by atoms with van der Waals surface area (Å²) < 4.78 is 28.3. The molecule has 21 heavy (non-hydrogen) atoms. The van der Waals surface area contributed by atoms with Gasteiger partial charge in [-0.05, 0) is 50.4 Å². The molecule has 0 radical (unpaired) electrons. The lowest BCUT2D eigenvalue weighted by molar-refractivity contribution is 0.457. The van der Waals surface area contributed by atoms with Crippen molar-refractivity contribution in [3.8, 4) is 0 Å². The summed E-state index contributed by atoms with van der Waals surface area (Å²) in [6.45, 7) is 9.49. The van der Waals surface area contributed by atoms with Crippen molar-refractivity contribution < 1.29 is 8.42 Å². The summed E-state index contributed by atoms with van der Waals surface area (Å²) >= 11 is 3.30. The van der Waals surface area contributed by atoms with Crippen molar-refractivity contribution >= 4 is 26.0 Å². The van der Waals surface area contributed by atoms with Crippen molar-refractivity contribution in [2.75, 3.05) is 6.54 Å². The first-order valence-electron chi connectivity index (χ1n) is 7.02. The number of nitrogens with two attached hydrogens (primary N) is 1. The fraction of sp³-hybridized carbons (Fsp3) is 0.600. The Morgan fingerprint density at radius 3 is 2.29 bits per heavy atom. The summed E-state index contributed by atoms with van der Waals surface area (Å²) in [4.78, 5) is 0.252. The molecule has 0 bridgehead atoms. The second-order valence-electron chi connectivity index (χ2n) is 6.82. The van der Waals surface area contributed by atoms with Crippen molar-refractivity contribution in [2.24, 2.45) is 22.5 Å². The summed E-state index contributed by atoms with van der Waals surface area (Å²) in [6, 6.07) is 5.16. The van der Waals surface area contributed by atoms with Crippen molar-refractivity contribution in [1.29, 1.82) is 0 Å². The maximum atomic E-state index is 12.5. The van der Waals surface area contributed by atoms with E-state index in [1.807, 2.05) is 6.07 Å². The second kappa shape index (κ2) is 5.33. The minimum Gasteiger partial charge on any atom is -0.326 e. The first kappa shape index (κ1) is 16.9. The molecule has 3 N–H and O–H groups in total. The van der Waals surface area contributed by atoms with Crippen LogP contribution in [0.15, 0.2) is 27.6 Å². The number of rotatable bonds is 5. The van der Waals surface area contributed by atoms with Crippen LogP contribution >= 0.6 is 15.9 Å². The monoisotopic (exact) mass is 374 g/mol. The van der Waals surface area contributed by atoms with Crippen LogP contribution < -0.4 is 10.5 Å². The molecule has 1 aliphatic carbocycles. The molecule has 0 atom stereocenters. The van der Waals surface area contributed by atoms with Crippen LogP contribution in [0.25, 0.3) is 0 Å². The van der Waals surface area contributed by atoms with Gasteiger partial charge in [-0.15, -0.1) is 0 Å². The Morgan fingerprint density at radius 1 is 1.24 bits per heavy atom. The predicted molar refractivity (Wildman–Crippen MR) is 88.3 cm³/mol.